The molecular formula is C12H18N2O2S. The number of rotatable bonds is 6. The van der Waals surface area contributed by atoms with Gasteiger partial charge in [-0.15, -0.1) is 11.8 Å². The molecule has 0 aliphatic heterocycles. The smallest absolute Gasteiger partial charge is 0.315 e. The van der Waals surface area contributed by atoms with Crippen LogP contribution in [0.1, 0.15) is 12.0 Å². The third kappa shape index (κ3) is 5.60. The maximum absolute atomic E-state index is 11.3. The second kappa shape index (κ2) is 7.97. The number of nitrogens with one attached hydrogen (secondary N) is 2. The largest absolute Gasteiger partial charge is 0.396 e. The summed E-state index contributed by atoms with van der Waals surface area (Å²) < 4.78 is 0. The first-order valence-corrected chi connectivity index (χ1v) is 6.74. The van der Waals surface area contributed by atoms with Crippen molar-refractivity contribution in [3.05, 3.63) is 29.8 Å². The van der Waals surface area contributed by atoms with Crippen LogP contribution in [0.4, 0.5) is 4.79 Å². The Balaban J connectivity index is 2.27. The molecule has 0 bridgehead atoms. The molecule has 0 radical (unpaired) electrons. The molecule has 1 aromatic carbocycles. The van der Waals surface area contributed by atoms with Gasteiger partial charge in [0, 0.05) is 24.6 Å². The highest BCUT2D eigenvalue weighted by atomic mass is 32.2. The Morgan fingerprint density at radius 3 is 2.59 bits per heavy atom. The number of benzene rings is 1. The van der Waals surface area contributed by atoms with Crippen LogP contribution in [0.25, 0.3) is 0 Å². The van der Waals surface area contributed by atoms with Crippen molar-refractivity contribution in [2.24, 2.45) is 0 Å². The molecule has 0 saturated carbocycles. The summed E-state index contributed by atoms with van der Waals surface area (Å²) in [7, 11) is 0. The normalized spacial score (nSPS) is 10.0. The quantitative estimate of drug-likeness (QED) is 0.533. The fraction of sp³-hybridized carbons (Fsp3) is 0.417. The molecule has 4 nitrogen and oxygen atoms in total. The summed E-state index contributed by atoms with van der Waals surface area (Å²) in [5.41, 5.74) is 1.07. The molecule has 0 saturated heterocycles. The molecule has 1 rings (SSSR count). The monoisotopic (exact) mass is 254 g/mol. The van der Waals surface area contributed by atoms with E-state index >= 15 is 0 Å². The maximum Gasteiger partial charge on any atom is 0.315 e. The molecule has 5 heteroatoms. The number of amides is 2. The molecule has 0 unspecified atom stereocenters. The second-order valence-electron chi connectivity index (χ2n) is 3.53. The van der Waals surface area contributed by atoms with Crippen LogP contribution in [0, 0.1) is 0 Å². The zero-order valence-electron chi connectivity index (χ0n) is 9.90. The van der Waals surface area contributed by atoms with E-state index in [2.05, 4.69) is 10.6 Å². The van der Waals surface area contributed by atoms with Crippen molar-refractivity contribution in [2.75, 3.05) is 19.4 Å². The van der Waals surface area contributed by atoms with Crippen molar-refractivity contribution in [1.29, 1.82) is 0 Å². The third-order valence-electron chi connectivity index (χ3n) is 2.23. The lowest BCUT2D eigenvalue weighted by molar-refractivity contribution is 0.237. The van der Waals surface area contributed by atoms with Gasteiger partial charge in [-0.1, -0.05) is 12.1 Å². The standard InChI is InChI=1S/C12H18N2O2S/c1-17-11-5-3-10(4-6-11)9-14-12(16)13-7-2-8-15/h3-6,15H,2,7-9H2,1H3,(H2,13,14,16). The van der Waals surface area contributed by atoms with Crippen molar-refractivity contribution in [1.82, 2.24) is 10.6 Å². The summed E-state index contributed by atoms with van der Waals surface area (Å²) in [6.07, 6.45) is 2.61. The number of aliphatic hydroxyl groups excluding tert-OH is 1. The van der Waals surface area contributed by atoms with Crippen LogP contribution in [0.15, 0.2) is 29.2 Å². The van der Waals surface area contributed by atoms with Gasteiger partial charge in [0.15, 0.2) is 0 Å². The zero-order valence-corrected chi connectivity index (χ0v) is 10.7. The number of hydrogen-bond acceptors (Lipinski definition) is 3. The van der Waals surface area contributed by atoms with Crippen LogP contribution in [-0.2, 0) is 6.54 Å². The molecule has 1 aromatic rings. The Morgan fingerprint density at radius 1 is 1.29 bits per heavy atom. The van der Waals surface area contributed by atoms with Crippen LogP contribution in [-0.4, -0.2) is 30.5 Å². The van der Waals surface area contributed by atoms with E-state index in [1.54, 1.807) is 11.8 Å². The van der Waals surface area contributed by atoms with Gasteiger partial charge < -0.3 is 15.7 Å². The molecule has 0 spiro atoms. The Bertz CT molecular complexity index is 341. The fourth-order valence-electron chi connectivity index (χ4n) is 1.27. The van der Waals surface area contributed by atoms with Gasteiger partial charge in [0.05, 0.1) is 0 Å². The Hall–Kier alpha value is -1.20. The average Bonchev–Trinajstić information content (AvgIpc) is 2.37. The highest BCUT2D eigenvalue weighted by Crippen LogP contribution is 2.14. The van der Waals surface area contributed by atoms with E-state index in [0.29, 0.717) is 19.5 Å². The number of aliphatic hydroxyl groups is 1. The van der Waals surface area contributed by atoms with E-state index in [1.165, 1.54) is 4.90 Å². The fourth-order valence-corrected chi connectivity index (χ4v) is 1.68. The van der Waals surface area contributed by atoms with E-state index < -0.39 is 0 Å². The Labute approximate surface area is 106 Å². The van der Waals surface area contributed by atoms with Gasteiger partial charge in [-0.2, -0.15) is 0 Å². The number of carbonyl (C=O) groups excluding carboxylic acids is 1. The topological polar surface area (TPSA) is 61.4 Å². The van der Waals surface area contributed by atoms with Crippen LogP contribution < -0.4 is 10.6 Å². The minimum atomic E-state index is -0.201. The van der Waals surface area contributed by atoms with Crippen LogP contribution in [0.5, 0.6) is 0 Å². The third-order valence-corrected chi connectivity index (χ3v) is 2.98. The van der Waals surface area contributed by atoms with E-state index in [4.69, 9.17) is 5.11 Å². The lowest BCUT2D eigenvalue weighted by atomic mass is 10.2. The molecule has 0 atom stereocenters. The maximum atomic E-state index is 11.3. The minimum Gasteiger partial charge on any atom is -0.396 e. The highest BCUT2D eigenvalue weighted by molar-refractivity contribution is 7.98. The SMILES string of the molecule is CSc1ccc(CNC(=O)NCCCO)cc1. The first-order chi connectivity index (χ1) is 8.26. The molecular weight excluding hydrogens is 236 g/mol. The van der Waals surface area contributed by atoms with Gasteiger partial charge in [-0.05, 0) is 30.4 Å². The van der Waals surface area contributed by atoms with Crippen molar-refractivity contribution in [2.45, 2.75) is 17.9 Å². The summed E-state index contributed by atoms with van der Waals surface area (Å²) in [6.45, 7) is 1.10. The first-order valence-electron chi connectivity index (χ1n) is 5.51. The molecule has 0 aliphatic carbocycles. The average molecular weight is 254 g/mol. The first kappa shape index (κ1) is 13.9. The summed E-state index contributed by atoms with van der Waals surface area (Å²) in [5.74, 6) is 0. The summed E-state index contributed by atoms with van der Waals surface area (Å²) in [6, 6.07) is 7.86. The number of thioether (sulfide) groups is 1. The molecule has 94 valence electrons. The number of urea groups is 1. The predicted octanol–water partition coefficient (Wildman–Crippen LogP) is 1.59. The molecule has 0 fully saturated rings. The molecule has 0 aromatic heterocycles. The van der Waals surface area contributed by atoms with Gasteiger partial charge in [-0.25, -0.2) is 4.79 Å². The van der Waals surface area contributed by atoms with E-state index in [-0.39, 0.29) is 12.6 Å². The van der Waals surface area contributed by atoms with Crippen LogP contribution >= 0.6 is 11.8 Å². The van der Waals surface area contributed by atoms with E-state index in [9.17, 15) is 4.79 Å². The molecule has 0 heterocycles. The molecule has 0 aliphatic rings. The Kier molecular flexibility index (Phi) is 6.50. The van der Waals surface area contributed by atoms with Gasteiger partial charge in [0.1, 0.15) is 0 Å². The van der Waals surface area contributed by atoms with Gasteiger partial charge in [0.25, 0.3) is 0 Å². The minimum absolute atomic E-state index is 0.0937. The summed E-state index contributed by atoms with van der Waals surface area (Å²) in [5, 5.41) is 14.0. The van der Waals surface area contributed by atoms with Crippen molar-refractivity contribution < 1.29 is 9.90 Å². The van der Waals surface area contributed by atoms with Crippen molar-refractivity contribution in [3.8, 4) is 0 Å². The zero-order chi connectivity index (χ0) is 12.5. The summed E-state index contributed by atoms with van der Waals surface area (Å²) in [4.78, 5) is 12.5. The lowest BCUT2D eigenvalue weighted by Crippen LogP contribution is -2.35. The highest BCUT2D eigenvalue weighted by Gasteiger charge is 1.99. The van der Waals surface area contributed by atoms with Gasteiger partial charge >= 0.3 is 6.03 Å². The van der Waals surface area contributed by atoms with Crippen LogP contribution in [0.3, 0.4) is 0 Å². The second-order valence-corrected chi connectivity index (χ2v) is 4.41. The lowest BCUT2D eigenvalue weighted by Gasteiger charge is -2.07. The molecule has 2 amide bonds. The van der Waals surface area contributed by atoms with Gasteiger partial charge in [-0.3, -0.25) is 0 Å². The number of hydrogen-bond donors (Lipinski definition) is 3. The molecule has 17 heavy (non-hydrogen) atoms. The van der Waals surface area contributed by atoms with Gasteiger partial charge in [0.2, 0.25) is 0 Å². The van der Waals surface area contributed by atoms with E-state index in [0.717, 1.165) is 5.56 Å². The van der Waals surface area contributed by atoms with Crippen molar-refractivity contribution in [3.63, 3.8) is 0 Å². The Morgan fingerprint density at radius 2 is 2.00 bits per heavy atom. The van der Waals surface area contributed by atoms with Crippen molar-refractivity contribution >= 4 is 17.8 Å². The van der Waals surface area contributed by atoms with Crippen LogP contribution in [0.2, 0.25) is 0 Å². The molecule has 3 N–H and O–H groups in total. The summed E-state index contributed by atoms with van der Waals surface area (Å²) >= 11 is 1.69. The van der Waals surface area contributed by atoms with E-state index in [1.807, 2.05) is 30.5 Å². The predicted molar refractivity (Wildman–Crippen MR) is 70.2 cm³/mol. The number of carbonyl (C=O) groups is 1.